The Morgan fingerprint density at radius 1 is 1.25 bits per heavy atom. The Morgan fingerprint density at radius 2 is 1.96 bits per heavy atom. The Bertz CT molecular complexity index is 694. The Labute approximate surface area is 141 Å². The molecule has 1 unspecified atom stereocenters. The number of benzene rings is 1. The average molecular weight is 354 g/mol. The van der Waals surface area contributed by atoms with Crippen molar-refractivity contribution >= 4 is 29.0 Å². The minimum atomic E-state index is -2.63. The molecular weight excluding hydrogens is 338 g/mol. The van der Waals surface area contributed by atoms with E-state index < -0.39 is 18.5 Å². The molecule has 24 heavy (non-hydrogen) atoms. The lowest BCUT2D eigenvalue weighted by molar-refractivity contribution is -0.117. The molecule has 3 amide bonds. The molecule has 0 aliphatic rings. The van der Waals surface area contributed by atoms with Gasteiger partial charge in [-0.1, -0.05) is 18.2 Å². The third kappa shape index (κ3) is 5.27. The van der Waals surface area contributed by atoms with Crippen LogP contribution < -0.4 is 16.0 Å². The molecule has 1 aromatic heterocycles. The summed E-state index contributed by atoms with van der Waals surface area (Å²) in [6.45, 7) is 1.54. The van der Waals surface area contributed by atoms with E-state index >= 15 is 0 Å². The fourth-order valence-electron chi connectivity index (χ4n) is 1.76. The summed E-state index contributed by atoms with van der Waals surface area (Å²) in [5, 5.41) is 8.76. The standard InChI is InChI=1S/C15H16F2N4O2S/c1-9(13(22)20-10-5-3-2-4-6-10)19-15(23)18-7-11-8-24-14(21-11)12(16)17/h2-6,8-9,12H,7H2,1H3,(H,20,22)(H2,18,19,23). The number of amides is 3. The molecule has 3 N–H and O–H groups in total. The van der Waals surface area contributed by atoms with Crippen LogP contribution in [-0.4, -0.2) is 23.0 Å². The number of nitrogens with one attached hydrogen (secondary N) is 3. The van der Waals surface area contributed by atoms with Gasteiger partial charge in [-0.05, 0) is 19.1 Å². The number of para-hydroxylation sites is 1. The van der Waals surface area contributed by atoms with Crippen LogP contribution in [0.25, 0.3) is 0 Å². The van der Waals surface area contributed by atoms with Crippen molar-refractivity contribution in [1.29, 1.82) is 0 Å². The number of rotatable bonds is 6. The summed E-state index contributed by atoms with van der Waals surface area (Å²) in [7, 11) is 0. The molecule has 0 radical (unpaired) electrons. The predicted molar refractivity (Wildman–Crippen MR) is 87.0 cm³/mol. The number of carbonyl (C=O) groups excluding carboxylic acids is 2. The number of halogens is 2. The minimum absolute atomic E-state index is 0.00206. The van der Waals surface area contributed by atoms with Crippen molar-refractivity contribution in [2.75, 3.05) is 5.32 Å². The largest absolute Gasteiger partial charge is 0.332 e. The van der Waals surface area contributed by atoms with Crippen molar-refractivity contribution in [1.82, 2.24) is 15.6 Å². The minimum Gasteiger partial charge on any atom is -0.332 e. The fraction of sp³-hybridized carbons (Fsp3) is 0.267. The molecule has 1 atom stereocenters. The topological polar surface area (TPSA) is 83.1 Å². The van der Waals surface area contributed by atoms with Crippen molar-refractivity contribution in [2.45, 2.75) is 25.9 Å². The highest BCUT2D eigenvalue weighted by atomic mass is 32.1. The Morgan fingerprint density at radius 3 is 2.58 bits per heavy atom. The van der Waals surface area contributed by atoms with Crippen LogP contribution >= 0.6 is 11.3 Å². The van der Waals surface area contributed by atoms with Crippen LogP contribution in [0, 0.1) is 0 Å². The Hall–Kier alpha value is -2.55. The molecule has 2 aromatic rings. The number of aromatic nitrogens is 1. The summed E-state index contributed by atoms with van der Waals surface area (Å²) >= 11 is 0.832. The summed E-state index contributed by atoms with van der Waals surface area (Å²) in [5.74, 6) is -0.370. The molecule has 0 bridgehead atoms. The molecule has 0 aliphatic carbocycles. The molecule has 0 spiro atoms. The van der Waals surface area contributed by atoms with Crippen LogP contribution in [0.15, 0.2) is 35.7 Å². The highest BCUT2D eigenvalue weighted by molar-refractivity contribution is 7.09. The summed E-state index contributed by atoms with van der Waals surface area (Å²) in [4.78, 5) is 27.4. The second-order valence-corrected chi connectivity index (χ2v) is 5.77. The van der Waals surface area contributed by atoms with E-state index in [1.54, 1.807) is 24.3 Å². The SMILES string of the molecule is CC(NC(=O)NCc1csc(C(F)F)n1)C(=O)Nc1ccccc1. The second kappa shape index (κ2) is 8.34. The number of carbonyl (C=O) groups is 2. The van der Waals surface area contributed by atoms with Crippen LogP contribution in [0.1, 0.15) is 24.1 Å². The maximum Gasteiger partial charge on any atom is 0.315 e. The van der Waals surface area contributed by atoms with E-state index in [9.17, 15) is 18.4 Å². The second-order valence-electron chi connectivity index (χ2n) is 4.88. The summed E-state index contributed by atoms with van der Waals surface area (Å²) in [6, 6.07) is 7.49. The van der Waals surface area contributed by atoms with E-state index in [1.165, 1.54) is 12.3 Å². The Kier molecular flexibility index (Phi) is 6.19. The summed E-state index contributed by atoms with van der Waals surface area (Å²) in [6.07, 6.45) is -2.63. The van der Waals surface area contributed by atoms with Crippen molar-refractivity contribution in [3.05, 3.63) is 46.4 Å². The smallest absolute Gasteiger partial charge is 0.315 e. The number of nitrogens with zero attached hydrogens (tertiary/aromatic N) is 1. The summed E-state index contributed by atoms with van der Waals surface area (Å²) in [5.41, 5.74) is 0.963. The van der Waals surface area contributed by atoms with Crippen LogP contribution in [0.2, 0.25) is 0 Å². The van der Waals surface area contributed by atoms with Gasteiger partial charge < -0.3 is 16.0 Å². The van der Waals surface area contributed by atoms with Crippen molar-refractivity contribution < 1.29 is 18.4 Å². The monoisotopic (exact) mass is 354 g/mol. The van der Waals surface area contributed by atoms with E-state index in [0.717, 1.165) is 11.3 Å². The van der Waals surface area contributed by atoms with E-state index in [2.05, 4.69) is 20.9 Å². The molecule has 0 saturated heterocycles. The average Bonchev–Trinajstić information content (AvgIpc) is 3.03. The van der Waals surface area contributed by atoms with Crippen molar-refractivity contribution in [3.63, 3.8) is 0 Å². The lowest BCUT2D eigenvalue weighted by Crippen LogP contribution is -2.46. The number of alkyl halides is 2. The van der Waals surface area contributed by atoms with Gasteiger partial charge in [-0.25, -0.2) is 18.6 Å². The third-order valence-corrected chi connectivity index (χ3v) is 3.87. The molecule has 2 rings (SSSR count). The molecule has 0 aliphatic heterocycles. The number of thiazole rings is 1. The van der Waals surface area contributed by atoms with Gasteiger partial charge in [0.2, 0.25) is 5.91 Å². The van der Waals surface area contributed by atoms with Crippen LogP contribution in [-0.2, 0) is 11.3 Å². The molecule has 128 valence electrons. The first-order chi connectivity index (χ1) is 11.5. The lowest BCUT2D eigenvalue weighted by Gasteiger charge is -2.14. The number of hydrogen-bond acceptors (Lipinski definition) is 4. The number of hydrogen-bond donors (Lipinski definition) is 3. The molecular formula is C15H16F2N4O2S. The van der Waals surface area contributed by atoms with Gasteiger partial charge >= 0.3 is 6.03 Å². The molecule has 0 saturated carbocycles. The van der Waals surface area contributed by atoms with Gasteiger partial charge in [0.1, 0.15) is 6.04 Å². The number of urea groups is 1. The number of anilines is 1. The van der Waals surface area contributed by atoms with Crippen LogP contribution in [0.4, 0.5) is 19.3 Å². The van der Waals surface area contributed by atoms with Crippen molar-refractivity contribution in [3.8, 4) is 0 Å². The highest BCUT2D eigenvalue weighted by Gasteiger charge is 2.16. The van der Waals surface area contributed by atoms with Gasteiger partial charge in [-0.15, -0.1) is 11.3 Å². The van der Waals surface area contributed by atoms with Crippen LogP contribution in [0.3, 0.4) is 0 Å². The molecule has 9 heteroatoms. The first-order valence-corrected chi connectivity index (χ1v) is 7.96. The van der Waals surface area contributed by atoms with E-state index in [1.807, 2.05) is 6.07 Å². The van der Waals surface area contributed by atoms with Crippen LogP contribution in [0.5, 0.6) is 0 Å². The lowest BCUT2D eigenvalue weighted by atomic mass is 10.2. The zero-order valence-corrected chi connectivity index (χ0v) is 13.6. The van der Waals surface area contributed by atoms with Gasteiger partial charge in [0.25, 0.3) is 6.43 Å². The quantitative estimate of drug-likeness (QED) is 0.746. The maximum absolute atomic E-state index is 12.4. The van der Waals surface area contributed by atoms with Crippen molar-refractivity contribution in [2.24, 2.45) is 0 Å². The highest BCUT2D eigenvalue weighted by Crippen LogP contribution is 2.22. The Balaban J connectivity index is 1.77. The zero-order chi connectivity index (χ0) is 17.5. The molecule has 1 heterocycles. The molecule has 6 nitrogen and oxygen atoms in total. The molecule has 1 aromatic carbocycles. The van der Waals surface area contributed by atoms with Gasteiger partial charge in [-0.3, -0.25) is 4.79 Å². The first-order valence-electron chi connectivity index (χ1n) is 7.08. The maximum atomic E-state index is 12.4. The van der Waals surface area contributed by atoms with Gasteiger partial charge in [0.15, 0.2) is 5.01 Å². The van der Waals surface area contributed by atoms with E-state index in [4.69, 9.17) is 0 Å². The predicted octanol–water partition coefficient (Wildman–Crippen LogP) is 2.91. The van der Waals surface area contributed by atoms with E-state index in [0.29, 0.717) is 11.4 Å². The van der Waals surface area contributed by atoms with Gasteiger partial charge in [0, 0.05) is 11.1 Å². The normalized spacial score (nSPS) is 11.8. The molecule has 0 fully saturated rings. The zero-order valence-electron chi connectivity index (χ0n) is 12.8. The van der Waals surface area contributed by atoms with Gasteiger partial charge in [0.05, 0.1) is 12.2 Å². The summed E-state index contributed by atoms with van der Waals surface area (Å²) < 4.78 is 24.8. The first kappa shape index (κ1) is 17.8. The fourth-order valence-corrected chi connectivity index (χ4v) is 2.43. The third-order valence-electron chi connectivity index (χ3n) is 2.97. The van der Waals surface area contributed by atoms with E-state index in [-0.39, 0.29) is 17.5 Å². The van der Waals surface area contributed by atoms with Gasteiger partial charge in [-0.2, -0.15) is 0 Å².